The first kappa shape index (κ1) is 34.3. The van der Waals surface area contributed by atoms with Gasteiger partial charge in [-0.05, 0) is 87.0 Å². The van der Waals surface area contributed by atoms with Crippen LogP contribution in [-0.2, 0) is 19.1 Å². The van der Waals surface area contributed by atoms with Crippen molar-refractivity contribution in [3.63, 3.8) is 0 Å². The molecule has 1 N–H and O–H groups in total. The Kier molecular flexibility index (Phi) is 9.03. The minimum atomic E-state index is -1.44. The van der Waals surface area contributed by atoms with Crippen LogP contribution in [0.2, 0.25) is 0 Å². The first-order valence-electron chi connectivity index (χ1n) is 15.9. The number of hydrogen-bond donors (Lipinski definition) is 1. The van der Waals surface area contributed by atoms with E-state index in [1.807, 2.05) is 13.8 Å². The van der Waals surface area contributed by atoms with Gasteiger partial charge in [0.05, 0.1) is 7.11 Å². The lowest BCUT2D eigenvalue weighted by atomic mass is 9.40. The standard InChI is InChI=1S/C35H56N2O5/c1-13-15-29(3,4)17-19-32(9,37-28(40)41-12)20-18-30(5,6)33(10)16-14-24-31(7,8)26(39)35(22-36)27(42-35)34(24,11)25(33)21-23(2)38/h21,24,27H,13-20H2,1-12H3,(H,37,40)/b25-21+/t24-,27+,32-,33+,34-,35-/m0/s1. The molecule has 2 saturated carbocycles. The predicted octanol–water partition coefficient (Wildman–Crippen LogP) is 7.72. The first-order chi connectivity index (χ1) is 19.1. The van der Waals surface area contributed by atoms with E-state index in [9.17, 15) is 19.6 Å². The maximum Gasteiger partial charge on any atom is 0.407 e. The molecule has 3 aliphatic rings. The lowest BCUT2D eigenvalue weighted by Gasteiger charge is -2.61. The van der Waals surface area contributed by atoms with Crippen molar-refractivity contribution in [2.24, 2.45) is 33.0 Å². The van der Waals surface area contributed by atoms with Gasteiger partial charge in [0.25, 0.3) is 0 Å². The fourth-order valence-electron chi connectivity index (χ4n) is 8.77. The molecule has 1 saturated heterocycles. The number of rotatable bonds is 11. The number of nitriles is 1. The number of alkyl carbamates (subject to hydrolysis) is 1. The van der Waals surface area contributed by atoms with E-state index in [2.05, 4.69) is 66.8 Å². The SMILES string of the molecule is CCCC(C)(C)CC[C@@](C)(CCC(C)(C)[C@]1(C)CC[C@H]2C(C)(C)C(=O)[C@]3(C#N)O[C@@H]3[C@]2(C)/C1=C/C(C)=O)NC(=O)OC. The second-order valence-electron chi connectivity index (χ2n) is 16.2. The second-order valence-corrected chi connectivity index (χ2v) is 16.2. The van der Waals surface area contributed by atoms with Crippen molar-refractivity contribution in [1.82, 2.24) is 5.32 Å². The molecule has 1 amide bonds. The molecule has 3 fully saturated rings. The van der Waals surface area contributed by atoms with Gasteiger partial charge in [0.2, 0.25) is 5.60 Å². The minimum absolute atomic E-state index is 0.0397. The van der Waals surface area contributed by atoms with Gasteiger partial charge < -0.3 is 14.8 Å². The average molecular weight is 585 g/mol. The number of ether oxygens (including phenoxy) is 2. The van der Waals surface area contributed by atoms with Crippen LogP contribution in [-0.4, -0.2) is 42.0 Å². The van der Waals surface area contributed by atoms with E-state index < -0.39 is 39.6 Å². The molecule has 6 atom stereocenters. The molecule has 236 valence electrons. The molecule has 0 unspecified atom stereocenters. The number of nitrogens with one attached hydrogen (secondary N) is 1. The monoisotopic (exact) mass is 584 g/mol. The van der Waals surface area contributed by atoms with Gasteiger partial charge in [0, 0.05) is 16.4 Å². The Morgan fingerprint density at radius 3 is 2.19 bits per heavy atom. The Morgan fingerprint density at radius 2 is 1.67 bits per heavy atom. The summed E-state index contributed by atoms with van der Waals surface area (Å²) in [6.07, 6.45) is 7.99. The van der Waals surface area contributed by atoms with E-state index in [1.165, 1.54) is 7.11 Å². The smallest absolute Gasteiger partial charge is 0.407 e. The van der Waals surface area contributed by atoms with Crippen molar-refractivity contribution in [2.75, 3.05) is 7.11 Å². The van der Waals surface area contributed by atoms with E-state index in [0.29, 0.717) is 0 Å². The summed E-state index contributed by atoms with van der Waals surface area (Å²) in [6.45, 7) is 23.2. The van der Waals surface area contributed by atoms with Crippen LogP contribution in [0.4, 0.5) is 4.79 Å². The number of fused-ring (bicyclic) bond motifs is 3. The number of ketones is 2. The summed E-state index contributed by atoms with van der Waals surface area (Å²) >= 11 is 0. The molecule has 0 aromatic carbocycles. The van der Waals surface area contributed by atoms with E-state index in [0.717, 1.165) is 56.9 Å². The van der Waals surface area contributed by atoms with Crippen LogP contribution in [0, 0.1) is 44.3 Å². The number of methoxy groups -OCH3 is 1. The zero-order valence-electron chi connectivity index (χ0n) is 28.4. The maximum absolute atomic E-state index is 13.5. The molecule has 2 aliphatic carbocycles. The molecule has 0 aromatic heterocycles. The molecule has 3 rings (SSSR count). The van der Waals surface area contributed by atoms with Gasteiger partial charge in [-0.3, -0.25) is 9.59 Å². The Bertz CT molecular complexity index is 1180. The van der Waals surface area contributed by atoms with Crippen molar-refractivity contribution in [2.45, 2.75) is 145 Å². The summed E-state index contributed by atoms with van der Waals surface area (Å²) in [5.74, 6) is -0.221. The summed E-state index contributed by atoms with van der Waals surface area (Å²) in [4.78, 5) is 38.9. The fraction of sp³-hybridized carbons (Fsp3) is 0.829. The van der Waals surface area contributed by atoms with Crippen LogP contribution in [0.15, 0.2) is 11.6 Å². The highest BCUT2D eigenvalue weighted by atomic mass is 16.6. The van der Waals surface area contributed by atoms with Crippen molar-refractivity contribution in [3.05, 3.63) is 11.6 Å². The minimum Gasteiger partial charge on any atom is -0.453 e. The lowest BCUT2D eigenvalue weighted by Crippen LogP contribution is -2.62. The van der Waals surface area contributed by atoms with Crippen molar-refractivity contribution in [1.29, 1.82) is 5.26 Å². The van der Waals surface area contributed by atoms with Gasteiger partial charge in [-0.2, -0.15) is 5.26 Å². The fourth-order valence-corrected chi connectivity index (χ4v) is 8.77. The van der Waals surface area contributed by atoms with E-state index in [1.54, 1.807) is 13.0 Å². The van der Waals surface area contributed by atoms with Crippen molar-refractivity contribution >= 4 is 17.7 Å². The summed E-state index contributed by atoms with van der Waals surface area (Å²) in [5.41, 5.74) is -2.82. The normalized spacial score (nSPS) is 34.5. The Morgan fingerprint density at radius 1 is 1.07 bits per heavy atom. The maximum atomic E-state index is 13.5. The molecule has 0 bridgehead atoms. The van der Waals surface area contributed by atoms with E-state index >= 15 is 0 Å². The number of hydrogen-bond acceptors (Lipinski definition) is 6. The van der Waals surface area contributed by atoms with Gasteiger partial charge in [0.15, 0.2) is 11.6 Å². The van der Waals surface area contributed by atoms with E-state index in [-0.39, 0.29) is 28.3 Å². The summed E-state index contributed by atoms with van der Waals surface area (Å²) in [7, 11) is 1.40. The predicted molar refractivity (Wildman–Crippen MR) is 165 cm³/mol. The van der Waals surface area contributed by atoms with Gasteiger partial charge in [-0.1, -0.05) is 74.3 Å². The Labute approximate surface area is 254 Å². The van der Waals surface area contributed by atoms with Gasteiger partial charge >= 0.3 is 6.09 Å². The highest BCUT2D eigenvalue weighted by molar-refractivity contribution is 6.00. The van der Waals surface area contributed by atoms with Crippen LogP contribution >= 0.6 is 0 Å². The Balaban J connectivity index is 2.00. The van der Waals surface area contributed by atoms with Crippen LogP contribution in [0.1, 0.15) is 128 Å². The van der Waals surface area contributed by atoms with Crippen LogP contribution in [0.25, 0.3) is 0 Å². The topological polar surface area (TPSA) is 109 Å². The number of epoxide rings is 1. The second kappa shape index (κ2) is 11.1. The highest BCUT2D eigenvalue weighted by Gasteiger charge is 2.81. The number of allylic oxidation sites excluding steroid dienone is 1. The van der Waals surface area contributed by atoms with Crippen molar-refractivity contribution < 1.29 is 23.9 Å². The number of amides is 1. The summed E-state index contributed by atoms with van der Waals surface area (Å²) in [6, 6.07) is 2.23. The van der Waals surface area contributed by atoms with Gasteiger partial charge in [-0.15, -0.1) is 0 Å². The molecule has 42 heavy (non-hydrogen) atoms. The molecule has 7 nitrogen and oxygen atoms in total. The summed E-state index contributed by atoms with van der Waals surface area (Å²) < 4.78 is 11.1. The largest absolute Gasteiger partial charge is 0.453 e. The Hall–Kier alpha value is -2.20. The van der Waals surface area contributed by atoms with Crippen LogP contribution < -0.4 is 5.32 Å². The van der Waals surface area contributed by atoms with Gasteiger partial charge in [-0.25, -0.2) is 4.79 Å². The molecule has 7 heteroatoms. The molecular weight excluding hydrogens is 528 g/mol. The first-order valence-corrected chi connectivity index (χ1v) is 15.9. The summed E-state index contributed by atoms with van der Waals surface area (Å²) in [5, 5.41) is 13.3. The molecule has 1 aliphatic heterocycles. The third kappa shape index (κ3) is 5.58. The number of nitrogens with zero attached hydrogens (tertiary/aromatic N) is 1. The molecule has 0 radical (unpaired) electrons. The third-order valence-corrected chi connectivity index (χ3v) is 12.0. The third-order valence-electron chi connectivity index (χ3n) is 12.0. The van der Waals surface area contributed by atoms with E-state index in [4.69, 9.17) is 9.47 Å². The zero-order valence-corrected chi connectivity index (χ0v) is 28.4. The zero-order chi connectivity index (χ0) is 32.2. The van der Waals surface area contributed by atoms with Crippen LogP contribution in [0.3, 0.4) is 0 Å². The quantitative estimate of drug-likeness (QED) is 0.197. The molecular formula is C35H56N2O5. The van der Waals surface area contributed by atoms with Crippen molar-refractivity contribution in [3.8, 4) is 6.07 Å². The number of carbonyl (C=O) groups is 3. The average Bonchev–Trinajstić information content (AvgIpc) is 3.65. The van der Waals surface area contributed by atoms with Gasteiger partial charge in [0.1, 0.15) is 12.2 Å². The number of Topliss-reactive ketones (excluding diaryl/α,β-unsaturated/α-hetero) is 1. The molecule has 0 aromatic rings. The number of carbonyl (C=O) groups excluding carboxylic acids is 3. The molecule has 1 heterocycles. The molecule has 0 spiro atoms. The van der Waals surface area contributed by atoms with Crippen LogP contribution in [0.5, 0.6) is 0 Å². The highest BCUT2D eigenvalue weighted by Crippen LogP contribution is 2.73. The lowest BCUT2D eigenvalue weighted by molar-refractivity contribution is -0.142.